The highest BCUT2D eigenvalue weighted by molar-refractivity contribution is 5.95. The minimum atomic E-state index is 0.132. The SMILES string of the molecule is CCN1CCN(c2nc(-c3ccc(CCCO)c(C#N)c3)cc3ccccc23)CC1. The van der Waals surface area contributed by atoms with Gasteiger partial charge >= 0.3 is 0 Å². The average molecular weight is 401 g/mol. The van der Waals surface area contributed by atoms with Gasteiger partial charge in [-0.15, -0.1) is 0 Å². The predicted molar refractivity (Wildman–Crippen MR) is 122 cm³/mol. The van der Waals surface area contributed by atoms with E-state index in [9.17, 15) is 5.26 Å². The van der Waals surface area contributed by atoms with Crippen molar-refractivity contribution in [3.8, 4) is 17.3 Å². The monoisotopic (exact) mass is 400 g/mol. The molecule has 1 saturated heterocycles. The van der Waals surface area contributed by atoms with Crippen molar-refractivity contribution in [2.75, 3.05) is 44.2 Å². The number of aliphatic hydroxyl groups is 1. The zero-order valence-electron chi connectivity index (χ0n) is 17.5. The van der Waals surface area contributed by atoms with Crippen molar-refractivity contribution < 1.29 is 5.11 Å². The van der Waals surface area contributed by atoms with Gasteiger partial charge in [-0.1, -0.05) is 43.3 Å². The second-order valence-corrected chi connectivity index (χ2v) is 7.78. The number of hydrogen-bond donors (Lipinski definition) is 1. The summed E-state index contributed by atoms with van der Waals surface area (Å²) in [5.41, 5.74) is 3.49. The Bertz CT molecular complexity index is 1060. The maximum atomic E-state index is 9.62. The molecule has 0 atom stereocenters. The first-order valence-electron chi connectivity index (χ1n) is 10.7. The molecular weight excluding hydrogens is 372 g/mol. The van der Waals surface area contributed by atoms with Crippen molar-refractivity contribution in [3.05, 3.63) is 59.7 Å². The normalized spacial score (nSPS) is 14.8. The van der Waals surface area contributed by atoms with E-state index in [1.807, 2.05) is 18.2 Å². The lowest BCUT2D eigenvalue weighted by Crippen LogP contribution is -2.46. The van der Waals surface area contributed by atoms with Crippen LogP contribution in [0.15, 0.2) is 48.5 Å². The maximum absolute atomic E-state index is 9.62. The van der Waals surface area contributed by atoms with E-state index in [-0.39, 0.29) is 6.61 Å². The smallest absolute Gasteiger partial charge is 0.137 e. The third kappa shape index (κ3) is 4.16. The average Bonchev–Trinajstić information content (AvgIpc) is 2.82. The molecule has 0 aliphatic carbocycles. The van der Waals surface area contributed by atoms with Crippen LogP contribution < -0.4 is 4.90 Å². The summed E-state index contributed by atoms with van der Waals surface area (Å²) in [6.07, 6.45) is 1.37. The number of rotatable bonds is 6. The summed E-state index contributed by atoms with van der Waals surface area (Å²) in [6, 6.07) is 18.8. The van der Waals surface area contributed by atoms with Crippen LogP contribution in [0.5, 0.6) is 0 Å². The molecule has 0 amide bonds. The molecule has 30 heavy (non-hydrogen) atoms. The second kappa shape index (κ2) is 9.25. The van der Waals surface area contributed by atoms with Gasteiger partial charge in [-0.25, -0.2) is 4.98 Å². The molecule has 1 N–H and O–H groups in total. The van der Waals surface area contributed by atoms with E-state index < -0.39 is 0 Å². The van der Waals surface area contributed by atoms with Gasteiger partial charge in [-0.3, -0.25) is 0 Å². The van der Waals surface area contributed by atoms with E-state index >= 15 is 0 Å². The minimum Gasteiger partial charge on any atom is -0.396 e. The second-order valence-electron chi connectivity index (χ2n) is 7.78. The Kier molecular flexibility index (Phi) is 6.27. The Balaban J connectivity index is 1.74. The summed E-state index contributed by atoms with van der Waals surface area (Å²) >= 11 is 0. The van der Waals surface area contributed by atoms with Crippen molar-refractivity contribution in [2.24, 2.45) is 0 Å². The number of nitrogens with zero attached hydrogens (tertiary/aromatic N) is 4. The first-order valence-corrected chi connectivity index (χ1v) is 10.7. The fourth-order valence-electron chi connectivity index (χ4n) is 4.17. The van der Waals surface area contributed by atoms with Gasteiger partial charge in [-0.05, 0) is 42.5 Å². The maximum Gasteiger partial charge on any atom is 0.137 e. The van der Waals surface area contributed by atoms with Crippen molar-refractivity contribution in [3.63, 3.8) is 0 Å². The highest BCUT2D eigenvalue weighted by Gasteiger charge is 2.20. The third-order valence-corrected chi connectivity index (χ3v) is 5.97. The van der Waals surface area contributed by atoms with Crippen LogP contribution in [0.1, 0.15) is 24.5 Å². The summed E-state index contributed by atoms with van der Waals surface area (Å²) in [5.74, 6) is 1.03. The number of nitriles is 1. The largest absolute Gasteiger partial charge is 0.396 e. The lowest BCUT2D eigenvalue weighted by atomic mass is 9.98. The molecule has 154 valence electrons. The number of hydrogen-bond acceptors (Lipinski definition) is 5. The molecule has 0 bridgehead atoms. The molecule has 1 aromatic heterocycles. The highest BCUT2D eigenvalue weighted by atomic mass is 16.2. The van der Waals surface area contributed by atoms with Gasteiger partial charge in [-0.2, -0.15) is 5.26 Å². The quantitative estimate of drug-likeness (QED) is 0.681. The molecule has 5 heteroatoms. The molecule has 0 unspecified atom stereocenters. The highest BCUT2D eigenvalue weighted by Crippen LogP contribution is 2.31. The third-order valence-electron chi connectivity index (χ3n) is 5.97. The zero-order chi connectivity index (χ0) is 20.9. The van der Waals surface area contributed by atoms with Crippen LogP contribution in [0.25, 0.3) is 22.0 Å². The number of pyridine rings is 1. The summed E-state index contributed by atoms with van der Waals surface area (Å²) in [4.78, 5) is 9.92. The number of aryl methyl sites for hydroxylation is 1. The number of benzene rings is 2. The fourth-order valence-corrected chi connectivity index (χ4v) is 4.17. The number of aromatic nitrogens is 1. The van der Waals surface area contributed by atoms with Crippen LogP contribution in [0.3, 0.4) is 0 Å². The first kappa shape index (κ1) is 20.3. The summed E-state index contributed by atoms with van der Waals surface area (Å²) in [6.45, 7) is 7.47. The molecule has 5 nitrogen and oxygen atoms in total. The van der Waals surface area contributed by atoms with Crippen LogP contribution in [0.2, 0.25) is 0 Å². The zero-order valence-corrected chi connectivity index (χ0v) is 17.5. The fraction of sp³-hybridized carbons (Fsp3) is 0.360. The summed E-state index contributed by atoms with van der Waals surface area (Å²) < 4.78 is 0. The van der Waals surface area contributed by atoms with Crippen molar-refractivity contribution in [2.45, 2.75) is 19.8 Å². The molecule has 1 aliphatic heterocycles. The van der Waals surface area contributed by atoms with Crippen molar-refractivity contribution in [1.29, 1.82) is 5.26 Å². The Morgan fingerprint density at radius 2 is 1.87 bits per heavy atom. The molecule has 2 aromatic carbocycles. The molecule has 1 aliphatic rings. The molecular formula is C25H28N4O. The van der Waals surface area contributed by atoms with Crippen molar-refractivity contribution in [1.82, 2.24) is 9.88 Å². The molecule has 3 aromatic rings. The lowest BCUT2D eigenvalue weighted by molar-refractivity contribution is 0.271. The van der Waals surface area contributed by atoms with Crippen LogP contribution in [0.4, 0.5) is 5.82 Å². The predicted octanol–water partition coefficient (Wildman–Crippen LogP) is 3.84. The molecule has 1 fully saturated rings. The van der Waals surface area contributed by atoms with Gasteiger partial charge in [0.15, 0.2) is 0 Å². The Morgan fingerprint density at radius 1 is 1.07 bits per heavy atom. The molecule has 0 radical (unpaired) electrons. The number of fused-ring (bicyclic) bond motifs is 1. The van der Waals surface area contributed by atoms with E-state index in [0.717, 1.165) is 55.4 Å². The summed E-state index contributed by atoms with van der Waals surface area (Å²) in [7, 11) is 0. The Morgan fingerprint density at radius 3 is 2.60 bits per heavy atom. The van der Waals surface area contributed by atoms with Gasteiger partial charge in [0, 0.05) is 43.7 Å². The van der Waals surface area contributed by atoms with E-state index in [1.54, 1.807) is 0 Å². The van der Waals surface area contributed by atoms with E-state index in [4.69, 9.17) is 10.1 Å². The van der Waals surface area contributed by atoms with Gasteiger partial charge in [0.25, 0.3) is 0 Å². The van der Waals surface area contributed by atoms with Gasteiger partial charge < -0.3 is 14.9 Å². The standard InChI is InChI=1S/C25H28N4O/c1-2-28-11-13-29(14-12-28)25-23-8-4-3-6-20(23)17-24(27-25)21-10-9-19(7-5-15-30)22(16-21)18-26/h3-4,6,8-10,16-17,30H,2,5,7,11-15H2,1H3. The topological polar surface area (TPSA) is 63.4 Å². The number of likely N-dealkylation sites (N-methyl/N-ethyl adjacent to an activating group) is 1. The molecule has 4 rings (SSSR count). The summed E-state index contributed by atoms with van der Waals surface area (Å²) in [5, 5.41) is 21.1. The first-order chi connectivity index (χ1) is 14.7. The van der Waals surface area contributed by atoms with Crippen LogP contribution in [-0.2, 0) is 6.42 Å². The van der Waals surface area contributed by atoms with Gasteiger partial charge in [0.2, 0.25) is 0 Å². The van der Waals surface area contributed by atoms with Gasteiger partial charge in [0.05, 0.1) is 17.3 Å². The van der Waals surface area contributed by atoms with Gasteiger partial charge in [0.1, 0.15) is 5.82 Å². The van der Waals surface area contributed by atoms with E-state index in [2.05, 4.69) is 53.1 Å². The van der Waals surface area contributed by atoms with Crippen LogP contribution in [0, 0.1) is 11.3 Å². The van der Waals surface area contributed by atoms with Crippen molar-refractivity contribution >= 4 is 16.6 Å². The Labute approximate surface area is 178 Å². The number of anilines is 1. The molecule has 0 spiro atoms. The number of piperazine rings is 1. The molecule has 2 heterocycles. The number of aliphatic hydroxyl groups excluding tert-OH is 1. The van der Waals surface area contributed by atoms with E-state index in [1.165, 1.54) is 10.8 Å². The van der Waals surface area contributed by atoms with Crippen LogP contribution in [-0.4, -0.2) is 54.3 Å². The van der Waals surface area contributed by atoms with Crippen LogP contribution >= 0.6 is 0 Å². The lowest BCUT2D eigenvalue weighted by Gasteiger charge is -2.35. The minimum absolute atomic E-state index is 0.132. The van der Waals surface area contributed by atoms with E-state index in [0.29, 0.717) is 18.4 Å². The Hall–Kier alpha value is -2.94. The molecule has 0 saturated carbocycles.